The van der Waals surface area contributed by atoms with Gasteiger partial charge >= 0.3 is 6.11 Å². The van der Waals surface area contributed by atoms with E-state index in [1.807, 2.05) is 111 Å². The minimum Gasteiger partial charge on any atom is -0.463 e. The number of halogens is 16. The van der Waals surface area contributed by atoms with E-state index in [9.17, 15) is 61.5 Å². The molecule has 0 aromatic heterocycles. The molecule has 6 fully saturated rings. The summed E-state index contributed by atoms with van der Waals surface area (Å²) in [5, 5.41) is 0.450. The van der Waals surface area contributed by atoms with E-state index in [1.54, 1.807) is 50.2 Å². The van der Waals surface area contributed by atoms with Crippen LogP contribution in [0.25, 0.3) is 50.6 Å². The fourth-order valence-electron chi connectivity index (χ4n) is 20.4. The molecule has 0 heterocycles. The highest BCUT2D eigenvalue weighted by atomic mass is 35.5. The van der Waals surface area contributed by atoms with Gasteiger partial charge in [0, 0.05) is 30.8 Å². The number of aryl methyl sites for hydroxylation is 7. The van der Waals surface area contributed by atoms with Crippen LogP contribution in [0.5, 0.6) is 11.5 Å². The van der Waals surface area contributed by atoms with E-state index < -0.39 is 71.1 Å². The predicted molar refractivity (Wildman–Crippen MR) is 576 cm³/mol. The molecule has 18 rings (SSSR count). The van der Waals surface area contributed by atoms with Crippen LogP contribution in [0.3, 0.4) is 0 Å². The van der Waals surface area contributed by atoms with Gasteiger partial charge in [-0.2, -0.15) is 13.2 Å². The third kappa shape index (κ3) is 31.3. The number of allylic oxidation sites excluding steroid dienone is 1. The van der Waals surface area contributed by atoms with Crippen LogP contribution in [0.1, 0.15) is 307 Å². The van der Waals surface area contributed by atoms with Crippen molar-refractivity contribution >= 4 is 29.3 Å². The minimum absolute atomic E-state index is 0. The van der Waals surface area contributed by atoms with E-state index in [1.165, 1.54) is 195 Å². The average molecular weight is 2040 g/mol. The SMILES string of the molecule is CC1CCC(c2ccc(OCF)cc2)CC1.Cc1ccc(-c2ccc(C3CCC(C)CC3)cc2)c(F)c1Cl.Cc1ccc(-c2ccc(C3CCC(C)CC3)cc2)c(F)c1Cl.Cc1ccc(-c2ccc(C=CC3CCC(C)CC3)cc2)c(F)c1F.Cc1ccc(-c2ccc(CCC3CCC(C)CC3)cc2)c(F)c1F.Cc1ccc(F)c(F)c1F.Cc1ccc(OC(F)(F)c2ccc(C3CCC(C)CC3)cc2)c(F)c1F.[HH].[HH].[HH].[HH].[HH].[HH]. The fourth-order valence-corrected chi connectivity index (χ4v) is 20.8. The Morgan fingerprint density at radius 3 is 0.972 bits per heavy atom. The van der Waals surface area contributed by atoms with Crippen LogP contribution >= 0.6 is 23.2 Å². The largest absolute Gasteiger partial charge is 0.463 e. The van der Waals surface area contributed by atoms with Crippen molar-refractivity contribution in [3.63, 3.8) is 0 Å². The molecule has 0 N–H and O–H groups in total. The van der Waals surface area contributed by atoms with Gasteiger partial charge in [0.2, 0.25) is 12.7 Å². The standard InChI is InChI=1S/C22H26F2.C22H24F2.C21H22F4O.2C20H22ClF.C14H19FO.C7H5F3.6H2/c2*1-15-3-6-17(7-4-15)8-9-18-10-12-19(13-11-18)20-14-5-16(2)21(23)22(20)24;1-13-3-6-15(7-4-13)16-8-10-17(11-9-16)21(24,25)26-18-12-5-14(2)19(22)20(18)23;2*1-13-3-6-15(7-4-13)16-8-10-17(11-9-16)18-12-5-14(2)19(21)20(18)22;1-11-2-4-12(5-3-11)13-6-8-14(9-7-13)16-10-15;1-4-2-3-5(8)7(10)6(4)9;;;;;;/h5,10-15,17H,3-4,6-9H2,1-2H3;5,8-15,17H,3-4,6-7H2,1-2H3;5,8-13,15H,3-4,6-7H2,1-2H3;2*5,8-13,15H,3-4,6-7H2,1-2H3;6-9,11-12H,2-5,10H2,1H3;2-3H,1H3;6*1H. The number of hydrogen-bond donors (Lipinski definition) is 0. The molecule has 0 atom stereocenters. The van der Waals surface area contributed by atoms with Gasteiger partial charge in [-0.3, -0.25) is 0 Å². The van der Waals surface area contributed by atoms with Crippen molar-refractivity contribution in [1.82, 2.24) is 0 Å². The molecule has 12 aromatic carbocycles. The lowest BCUT2D eigenvalue weighted by Crippen LogP contribution is -2.23. The van der Waals surface area contributed by atoms with Crippen molar-refractivity contribution in [1.29, 1.82) is 0 Å². The molecule has 0 amide bonds. The van der Waals surface area contributed by atoms with Crippen LogP contribution in [0, 0.1) is 153 Å². The molecule has 0 aliphatic heterocycles. The molecule has 0 unspecified atom stereocenters. The van der Waals surface area contributed by atoms with Gasteiger partial charge in [0.25, 0.3) is 0 Å². The first-order valence-corrected chi connectivity index (χ1v) is 52.5. The van der Waals surface area contributed by atoms with Crippen molar-refractivity contribution in [3.05, 3.63) is 371 Å². The van der Waals surface area contributed by atoms with E-state index in [0.29, 0.717) is 80.2 Å². The maximum Gasteiger partial charge on any atom is 0.426 e. The molecule has 0 radical (unpaired) electrons. The molecular formula is C126H152Cl2F14O2. The van der Waals surface area contributed by atoms with Gasteiger partial charge in [-0.25, -0.2) is 48.3 Å². The molecule has 144 heavy (non-hydrogen) atoms. The predicted octanol–water partition coefficient (Wildman–Crippen LogP) is 41.8. The molecule has 6 aliphatic carbocycles. The molecule has 780 valence electrons. The van der Waals surface area contributed by atoms with Gasteiger partial charge in [-0.05, 0) is 315 Å². The van der Waals surface area contributed by atoms with Crippen LogP contribution in [-0.2, 0) is 12.5 Å². The summed E-state index contributed by atoms with van der Waals surface area (Å²) in [4.78, 5) is 0. The summed E-state index contributed by atoms with van der Waals surface area (Å²) in [6, 6.07) is 64.4. The van der Waals surface area contributed by atoms with Crippen molar-refractivity contribution in [2.45, 2.75) is 280 Å². The van der Waals surface area contributed by atoms with Gasteiger partial charge < -0.3 is 9.47 Å². The van der Waals surface area contributed by atoms with E-state index in [0.717, 1.165) is 119 Å². The number of hydrogen-bond acceptors (Lipinski definition) is 2. The second kappa shape index (κ2) is 53.8. The lowest BCUT2D eigenvalue weighted by Gasteiger charge is -2.27. The number of benzene rings is 12. The second-order valence-electron chi connectivity index (χ2n) is 41.7. The zero-order chi connectivity index (χ0) is 104. The molecule has 0 saturated heterocycles. The lowest BCUT2D eigenvalue weighted by molar-refractivity contribution is -0.187. The molecule has 6 aliphatic rings. The van der Waals surface area contributed by atoms with Crippen molar-refractivity contribution in [2.24, 2.45) is 47.3 Å². The zero-order valence-corrected chi connectivity index (χ0v) is 86.8. The smallest absolute Gasteiger partial charge is 0.426 e. The Bertz CT molecular complexity index is 5990. The first-order valence-electron chi connectivity index (χ1n) is 51.8. The zero-order valence-electron chi connectivity index (χ0n) is 85.3. The summed E-state index contributed by atoms with van der Waals surface area (Å²) in [5.41, 5.74) is 14.6. The van der Waals surface area contributed by atoms with Crippen molar-refractivity contribution in [2.75, 3.05) is 6.86 Å². The maximum atomic E-state index is 14.4. The first-order chi connectivity index (χ1) is 68.9. The summed E-state index contributed by atoms with van der Waals surface area (Å²) >= 11 is 12.0. The molecule has 6 saturated carbocycles. The molecule has 0 bridgehead atoms. The summed E-state index contributed by atoms with van der Waals surface area (Å²) < 4.78 is 198. The Hall–Kier alpha value is -10.4. The van der Waals surface area contributed by atoms with Crippen LogP contribution in [0.15, 0.2) is 224 Å². The summed E-state index contributed by atoms with van der Waals surface area (Å²) in [7, 11) is 0. The van der Waals surface area contributed by atoms with E-state index >= 15 is 0 Å². The van der Waals surface area contributed by atoms with Crippen LogP contribution in [0.4, 0.5) is 61.5 Å². The van der Waals surface area contributed by atoms with E-state index in [2.05, 4.69) is 107 Å². The van der Waals surface area contributed by atoms with Gasteiger partial charge in [0.1, 0.15) is 17.4 Å². The lowest BCUT2D eigenvalue weighted by atomic mass is 9.79. The Balaban J connectivity index is 0.000000268. The minimum atomic E-state index is -3.75. The second-order valence-corrected chi connectivity index (χ2v) is 42.5. The molecule has 18 heteroatoms. The van der Waals surface area contributed by atoms with Crippen molar-refractivity contribution in [3.8, 4) is 56.0 Å². The highest BCUT2D eigenvalue weighted by molar-refractivity contribution is 6.32. The van der Waals surface area contributed by atoms with Gasteiger partial charge in [0.05, 0.1) is 15.6 Å². The van der Waals surface area contributed by atoms with Gasteiger partial charge in [0.15, 0.2) is 52.3 Å². The molecule has 2 nitrogen and oxygen atoms in total. The highest BCUT2D eigenvalue weighted by Gasteiger charge is 2.37. The topological polar surface area (TPSA) is 18.5 Å². The third-order valence-corrected chi connectivity index (χ3v) is 31.6. The molecular weight excluding hydrogens is 1880 g/mol. The van der Waals surface area contributed by atoms with Crippen LogP contribution in [0.2, 0.25) is 10.0 Å². The quantitative estimate of drug-likeness (QED) is 0.0630. The number of rotatable bonds is 18. The Morgan fingerprint density at radius 1 is 0.306 bits per heavy atom. The molecule has 12 aromatic rings. The Kier molecular flexibility index (Phi) is 42.0. The van der Waals surface area contributed by atoms with Crippen LogP contribution in [-0.4, -0.2) is 6.86 Å². The highest BCUT2D eigenvalue weighted by Crippen LogP contribution is 2.45. The number of alkyl halides is 3. The van der Waals surface area contributed by atoms with Crippen LogP contribution < -0.4 is 9.47 Å². The Morgan fingerprint density at radius 2 is 0.604 bits per heavy atom. The summed E-state index contributed by atoms with van der Waals surface area (Å²) in [6.07, 6.45) is 33.6. The monoisotopic (exact) mass is 2030 g/mol. The fraction of sp³-hybridized carbons (Fsp3) is 0.413. The normalized spacial score (nSPS) is 21.0. The van der Waals surface area contributed by atoms with E-state index in [-0.39, 0.29) is 46.9 Å². The van der Waals surface area contributed by atoms with Gasteiger partial charge in [-0.15, -0.1) is 0 Å². The first kappa shape index (κ1) is 112. The maximum absolute atomic E-state index is 14.4. The Labute approximate surface area is 864 Å². The molecule has 0 spiro atoms. The number of ether oxygens (including phenoxy) is 2. The average Bonchev–Trinajstić information content (AvgIpc) is 0.784. The third-order valence-electron chi connectivity index (χ3n) is 30.6. The van der Waals surface area contributed by atoms with Gasteiger partial charge in [-0.1, -0.05) is 349 Å². The van der Waals surface area contributed by atoms with Crippen molar-refractivity contribution < 1.29 is 79.5 Å². The van der Waals surface area contributed by atoms with E-state index in [4.69, 9.17) is 27.9 Å². The summed E-state index contributed by atoms with van der Waals surface area (Å²) in [6.45, 7) is 22.7. The summed E-state index contributed by atoms with van der Waals surface area (Å²) in [5.74, 6) is -1.10.